The standard InChI is InChI=1S/C13H9NOS2/c1-8-2-3-10-11(4-8)17-12(13(10)15)5-9-6-14-7-16-9/h2-7H,1H3/b12-5-. The average molecular weight is 259 g/mol. The molecular weight excluding hydrogens is 250 g/mol. The summed E-state index contributed by atoms with van der Waals surface area (Å²) in [5, 5.41) is 0. The number of hydrogen-bond acceptors (Lipinski definition) is 4. The van der Waals surface area contributed by atoms with E-state index in [1.54, 1.807) is 34.8 Å². The maximum Gasteiger partial charge on any atom is 0.200 e. The quantitative estimate of drug-likeness (QED) is 0.730. The van der Waals surface area contributed by atoms with Gasteiger partial charge in [-0.15, -0.1) is 11.3 Å². The number of thiazole rings is 1. The smallest absolute Gasteiger partial charge is 0.200 e. The van der Waals surface area contributed by atoms with Gasteiger partial charge in [-0.2, -0.15) is 0 Å². The number of allylic oxidation sites excluding steroid dienone is 1. The molecule has 17 heavy (non-hydrogen) atoms. The first-order valence-corrected chi connectivity index (χ1v) is 6.87. The number of carbonyl (C=O) groups is 1. The minimum atomic E-state index is 0.124. The van der Waals surface area contributed by atoms with Crippen molar-refractivity contribution in [1.29, 1.82) is 0 Å². The number of Topliss-reactive ketones (excluding diaryl/α,β-unsaturated/α-hetero) is 1. The first-order valence-electron chi connectivity index (χ1n) is 5.17. The topological polar surface area (TPSA) is 30.0 Å². The van der Waals surface area contributed by atoms with Crippen molar-refractivity contribution in [3.8, 4) is 0 Å². The normalized spacial score (nSPS) is 16.5. The molecule has 0 aliphatic carbocycles. The molecule has 0 saturated carbocycles. The summed E-state index contributed by atoms with van der Waals surface area (Å²) in [6.45, 7) is 2.04. The van der Waals surface area contributed by atoms with Gasteiger partial charge in [0.1, 0.15) is 0 Å². The van der Waals surface area contributed by atoms with Gasteiger partial charge >= 0.3 is 0 Å². The molecule has 0 unspecified atom stereocenters. The summed E-state index contributed by atoms with van der Waals surface area (Å²) in [5.74, 6) is 0.124. The van der Waals surface area contributed by atoms with Crippen LogP contribution in [0.25, 0.3) is 6.08 Å². The van der Waals surface area contributed by atoms with Crippen molar-refractivity contribution in [2.75, 3.05) is 0 Å². The van der Waals surface area contributed by atoms with Crippen LogP contribution in [-0.2, 0) is 0 Å². The molecule has 1 aliphatic heterocycles. The molecule has 2 aromatic rings. The van der Waals surface area contributed by atoms with E-state index in [9.17, 15) is 4.79 Å². The van der Waals surface area contributed by atoms with Gasteiger partial charge in [-0.1, -0.05) is 17.8 Å². The maximum absolute atomic E-state index is 12.1. The molecule has 0 atom stereocenters. The number of benzene rings is 1. The third kappa shape index (κ3) is 1.94. The Hall–Kier alpha value is -1.39. The number of ketones is 1. The number of aromatic nitrogens is 1. The highest BCUT2D eigenvalue weighted by molar-refractivity contribution is 8.04. The van der Waals surface area contributed by atoms with Crippen LogP contribution in [0.15, 0.2) is 39.7 Å². The second-order valence-corrected chi connectivity index (χ2v) is 5.84. The Labute approximate surface area is 107 Å². The second-order valence-electron chi connectivity index (χ2n) is 3.84. The predicted octanol–water partition coefficient (Wildman–Crippen LogP) is 3.78. The average Bonchev–Trinajstić information content (AvgIpc) is 2.89. The molecule has 3 rings (SSSR count). The minimum Gasteiger partial charge on any atom is -0.288 e. The number of fused-ring (bicyclic) bond motifs is 1. The number of hydrogen-bond donors (Lipinski definition) is 0. The van der Waals surface area contributed by atoms with Crippen molar-refractivity contribution in [2.24, 2.45) is 0 Å². The van der Waals surface area contributed by atoms with Crippen LogP contribution in [0.4, 0.5) is 0 Å². The Balaban J connectivity index is 2.02. The summed E-state index contributed by atoms with van der Waals surface area (Å²) >= 11 is 3.09. The van der Waals surface area contributed by atoms with E-state index in [4.69, 9.17) is 0 Å². The molecule has 2 heterocycles. The van der Waals surface area contributed by atoms with Crippen molar-refractivity contribution in [2.45, 2.75) is 11.8 Å². The monoisotopic (exact) mass is 259 g/mol. The third-order valence-corrected chi connectivity index (χ3v) is 4.35. The number of rotatable bonds is 1. The number of thioether (sulfide) groups is 1. The van der Waals surface area contributed by atoms with E-state index < -0.39 is 0 Å². The van der Waals surface area contributed by atoms with E-state index in [-0.39, 0.29) is 5.78 Å². The molecule has 84 valence electrons. The van der Waals surface area contributed by atoms with E-state index in [0.717, 1.165) is 20.2 Å². The Kier molecular flexibility index (Phi) is 2.61. The Bertz CT molecular complexity index is 614. The van der Waals surface area contributed by atoms with E-state index >= 15 is 0 Å². The summed E-state index contributed by atoms with van der Waals surface area (Å²) in [6.07, 6.45) is 3.69. The van der Waals surface area contributed by atoms with Crippen molar-refractivity contribution in [1.82, 2.24) is 4.98 Å². The maximum atomic E-state index is 12.1. The van der Waals surface area contributed by atoms with Crippen LogP contribution in [-0.4, -0.2) is 10.8 Å². The van der Waals surface area contributed by atoms with E-state index in [1.165, 1.54) is 5.56 Å². The molecule has 0 N–H and O–H groups in total. The van der Waals surface area contributed by atoms with Crippen molar-refractivity contribution in [3.63, 3.8) is 0 Å². The fourth-order valence-corrected chi connectivity index (χ4v) is 3.49. The predicted molar refractivity (Wildman–Crippen MR) is 71.5 cm³/mol. The van der Waals surface area contributed by atoms with Gasteiger partial charge in [-0.25, -0.2) is 0 Å². The van der Waals surface area contributed by atoms with Gasteiger partial charge in [-0.3, -0.25) is 9.78 Å². The fourth-order valence-electron chi connectivity index (χ4n) is 1.72. The fraction of sp³-hybridized carbons (Fsp3) is 0.0769. The van der Waals surface area contributed by atoms with E-state index in [0.29, 0.717) is 0 Å². The Morgan fingerprint density at radius 2 is 2.24 bits per heavy atom. The molecule has 0 amide bonds. The van der Waals surface area contributed by atoms with Crippen LogP contribution in [0.2, 0.25) is 0 Å². The summed E-state index contributed by atoms with van der Waals surface area (Å²) in [4.78, 5) is 19.0. The molecule has 0 spiro atoms. The van der Waals surface area contributed by atoms with Crippen LogP contribution in [0, 0.1) is 6.92 Å². The lowest BCUT2D eigenvalue weighted by atomic mass is 10.1. The molecule has 2 nitrogen and oxygen atoms in total. The summed E-state index contributed by atoms with van der Waals surface area (Å²) < 4.78 is 0. The van der Waals surface area contributed by atoms with Gasteiger partial charge in [0.2, 0.25) is 5.78 Å². The Morgan fingerprint density at radius 3 is 3.00 bits per heavy atom. The highest BCUT2D eigenvalue weighted by atomic mass is 32.2. The van der Waals surface area contributed by atoms with Crippen molar-refractivity contribution < 1.29 is 4.79 Å². The first-order chi connectivity index (χ1) is 8.24. The van der Waals surface area contributed by atoms with E-state index in [2.05, 4.69) is 11.1 Å². The molecule has 0 saturated heterocycles. The molecule has 4 heteroatoms. The number of aryl methyl sites for hydroxylation is 1. The van der Waals surface area contributed by atoms with Crippen LogP contribution < -0.4 is 0 Å². The largest absolute Gasteiger partial charge is 0.288 e. The zero-order chi connectivity index (χ0) is 11.8. The lowest BCUT2D eigenvalue weighted by molar-refractivity contribution is 0.104. The lowest BCUT2D eigenvalue weighted by Gasteiger charge is -1.95. The highest BCUT2D eigenvalue weighted by Gasteiger charge is 2.25. The van der Waals surface area contributed by atoms with Crippen molar-refractivity contribution in [3.05, 3.63) is 50.8 Å². The first kappa shape index (κ1) is 10.7. The molecule has 0 bridgehead atoms. The molecule has 0 radical (unpaired) electrons. The third-order valence-electron chi connectivity index (χ3n) is 2.55. The molecule has 1 aromatic carbocycles. The molecule has 1 aromatic heterocycles. The summed E-state index contributed by atoms with van der Waals surface area (Å²) in [6, 6.07) is 5.95. The van der Waals surface area contributed by atoms with Crippen LogP contribution >= 0.6 is 23.1 Å². The summed E-state index contributed by atoms with van der Waals surface area (Å²) in [7, 11) is 0. The molecular formula is C13H9NOS2. The minimum absolute atomic E-state index is 0.124. The number of carbonyl (C=O) groups excluding carboxylic acids is 1. The van der Waals surface area contributed by atoms with Gasteiger partial charge in [0.25, 0.3) is 0 Å². The SMILES string of the molecule is Cc1ccc2c(c1)S/C(=C\c1cncs1)C2=O. The van der Waals surface area contributed by atoms with Crippen molar-refractivity contribution >= 4 is 35.0 Å². The zero-order valence-electron chi connectivity index (χ0n) is 9.14. The molecule has 0 fully saturated rings. The van der Waals surface area contributed by atoms with Crippen LogP contribution in [0.1, 0.15) is 20.8 Å². The van der Waals surface area contributed by atoms with E-state index in [1.807, 2.05) is 25.1 Å². The van der Waals surface area contributed by atoms with Gasteiger partial charge in [0.15, 0.2) is 0 Å². The summed E-state index contributed by atoms with van der Waals surface area (Å²) in [5.41, 5.74) is 3.77. The highest BCUT2D eigenvalue weighted by Crippen LogP contribution is 2.41. The number of nitrogens with zero attached hydrogens (tertiary/aromatic N) is 1. The van der Waals surface area contributed by atoms with Gasteiger partial charge in [-0.05, 0) is 30.7 Å². The van der Waals surface area contributed by atoms with Gasteiger partial charge in [0.05, 0.1) is 10.4 Å². The molecule has 1 aliphatic rings. The Morgan fingerprint density at radius 1 is 1.35 bits per heavy atom. The van der Waals surface area contributed by atoms with Gasteiger partial charge < -0.3 is 0 Å². The van der Waals surface area contributed by atoms with Crippen LogP contribution in [0.3, 0.4) is 0 Å². The van der Waals surface area contributed by atoms with Crippen LogP contribution in [0.5, 0.6) is 0 Å². The van der Waals surface area contributed by atoms with Gasteiger partial charge in [0, 0.05) is 21.5 Å². The lowest BCUT2D eigenvalue weighted by Crippen LogP contribution is -1.93. The zero-order valence-corrected chi connectivity index (χ0v) is 10.8. The second kappa shape index (κ2) is 4.13.